The molecule has 0 aliphatic rings. The lowest BCUT2D eigenvalue weighted by molar-refractivity contribution is 0.356. The molecule has 7 heteroatoms. The molecule has 160 valence electrons. The molecule has 32 heavy (non-hydrogen) atoms. The number of fused-ring (bicyclic) bond motifs is 2. The number of aromatic amines is 1. The maximum absolute atomic E-state index is 5.84. The topological polar surface area (TPSA) is 98.1 Å². The van der Waals surface area contributed by atoms with Gasteiger partial charge in [0.05, 0.1) is 42.0 Å². The van der Waals surface area contributed by atoms with E-state index < -0.39 is 0 Å². The van der Waals surface area contributed by atoms with Crippen LogP contribution < -0.4 is 20.5 Å². The van der Waals surface area contributed by atoms with E-state index in [1.807, 2.05) is 66.9 Å². The van der Waals surface area contributed by atoms with Crippen molar-refractivity contribution in [3.8, 4) is 22.9 Å². The Hall–Kier alpha value is -4.26. The van der Waals surface area contributed by atoms with Gasteiger partial charge in [-0.05, 0) is 35.9 Å². The SMILES string of the molecule is COc1cc2ncc(-c3nc4ccccc4[nH]3)c(NCc3ccc(N)cc3)c2cc1OC. The fourth-order valence-electron chi connectivity index (χ4n) is 3.80. The van der Waals surface area contributed by atoms with Crippen LogP contribution in [0.15, 0.2) is 66.9 Å². The maximum Gasteiger partial charge on any atom is 0.162 e. The minimum Gasteiger partial charge on any atom is -0.493 e. The van der Waals surface area contributed by atoms with Crippen LogP contribution >= 0.6 is 0 Å². The number of H-pyrrole nitrogens is 1. The van der Waals surface area contributed by atoms with Crippen LogP contribution in [0.2, 0.25) is 0 Å². The Morgan fingerprint density at radius 2 is 1.69 bits per heavy atom. The maximum atomic E-state index is 5.84. The molecule has 0 radical (unpaired) electrons. The average molecular weight is 425 g/mol. The van der Waals surface area contributed by atoms with E-state index >= 15 is 0 Å². The van der Waals surface area contributed by atoms with Crippen LogP contribution in [0.1, 0.15) is 5.56 Å². The molecule has 0 saturated carbocycles. The lowest BCUT2D eigenvalue weighted by atomic mass is 10.1. The molecule has 0 saturated heterocycles. The summed E-state index contributed by atoms with van der Waals surface area (Å²) in [6, 6.07) is 19.6. The van der Waals surface area contributed by atoms with Gasteiger partial charge in [0.25, 0.3) is 0 Å². The number of pyridine rings is 1. The lowest BCUT2D eigenvalue weighted by Crippen LogP contribution is -2.04. The molecule has 4 N–H and O–H groups in total. The van der Waals surface area contributed by atoms with Crippen molar-refractivity contribution in [2.24, 2.45) is 0 Å². The van der Waals surface area contributed by atoms with Gasteiger partial charge in [-0.3, -0.25) is 4.98 Å². The van der Waals surface area contributed by atoms with E-state index in [0.29, 0.717) is 18.0 Å². The first-order valence-corrected chi connectivity index (χ1v) is 10.2. The van der Waals surface area contributed by atoms with Crippen molar-refractivity contribution in [3.05, 3.63) is 72.4 Å². The molecule has 0 amide bonds. The Morgan fingerprint density at radius 3 is 2.44 bits per heavy atom. The predicted octanol–water partition coefficient (Wildman–Crippen LogP) is 4.99. The third kappa shape index (κ3) is 3.54. The smallest absolute Gasteiger partial charge is 0.162 e. The summed E-state index contributed by atoms with van der Waals surface area (Å²) >= 11 is 0. The van der Waals surface area contributed by atoms with Crippen molar-refractivity contribution in [1.82, 2.24) is 15.0 Å². The van der Waals surface area contributed by atoms with Gasteiger partial charge in [0.2, 0.25) is 0 Å². The quantitative estimate of drug-likeness (QED) is 0.332. The summed E-state index contributed by atoms with van der Waals surface area (Å²) in [4.78, 5) is 12.9. The number of benzene rings is 3. The highest BCUT2D eigenvalue weighted by Crippen LogP contribution is 2.39. The summed E-state index contributed by atoms with van der Waals surface area (Å²) in [5, 5.41) is 4.50. The highest BCUT2D eigenvalue weighted by molar-refractivity contribution is 6.00. The molecular formula is C25H23N5O2. The number of nitrogens with two attached hydrogens (primary N) is 1. The number of hydrogen-bond acceptors (Lipinski definition) is 6. The minimum absolute atomic E-state index is 0.612. The van der Waals surface area contributed by atoms with E-state index in [-0.39, 0.29) is 0 Å². The first-order valence-electron chi connectivity index (χ1n) is 10.2. The molecule has 2 heterocycles. The molecule has 0 unspecified atom stereocenters. The normalized spacial score (nSPS) is 11.1. The van der Waals surface area contributed by atoms with Gasteiger partial charge in [0.15, 0.2) is 11.5 Å². The summed E-state index contributed by atoms with van der Waals surface area (Å²) < 4.78 is 11.0. The van der Waals surface area contributed by atoms with Crippen LogP contribution in [0, 0.1) is 0 Å². The molecule has 0 fully saturated rings. The summed E-state index contributed by atoms with van der Waals surface area (Å²) in [6.07, 6.45) is 1.83. The van der Waals surface area contributed by atoms with Crippen LogP contribution in [0.25, 0.3) is 33.3 Å². The molecule has 7 nitrogen and oxygen atoms in total. The molecule has 0 spiro atoms. The lowest BCUT2D eigenvalue weighted by Gasteiger charge is -2.16. The van der Waals surface area contributed by atoms with Gasteiger partial charge in [0.1, 0.15) is 5.82 Å². The number of anilines is 2. The standard InChI is InChI=1S/C25H23N5O2/c1-31-22-11-17-21(12-23(22)32-2)27-14-18(25-29-19-5-3-4-6-20(19)30-25)24(17)28-13-15-7-9-16(26)10-8-15/h3-12,14H,13,26H2,1-2H3,(H,27,28)(H,29,30). The van der Waals surface area contributed by atoms with Crippen molar-refractivity contribution in [2.75, 3.05) is 25.3 Å². The molecule has 0 bridgehead atoms. The molecule has 2 aromatic heterocycles. The molecule has 0 aliphatic heterocycles. The molecule has 5 rings (SSSR count). The zero-order chi connectivity index (χ0) is 22.1. The molecule has 5 aromatic rings. The number of rotatable bonds is 6. The largest absolute Gasteiger partial charge is 0.493 e. The van der Waals surface area contributed by atoms with Crippen molar-refractivity contribution in [1.29, 1.82) is 0 Å². The minimum atomic E-state index is 0.612. The fourth-order valence-corrected chi connectivity index (χ4v) is 3.80. The Morgan fingerprint density at radius 1 is 0.938 bits per heavy atom. The van der Waals surface area contributed by atoms with Crippen LogP contribution in [0.4, 0.5) is 11.4 Å². The van der Waals surface area contributed by atoms with Crippen molar-refractivity contribution in [2.45, 2.75) is 6.54 Å². The Kier molecular flexibility index (Phi) is 4.99. The van der Waals surface area contributed by atoms with Crippen molar-refractivity contribution >= 4 is 33.3 Å². The molecule has 3 aromatic carbocycles. The van der Waals surface area contributed by atoms with E-state index in [1.165, 1.54) is 0 Å². The number of para-hydroxylation sites is 2. The number of nitrogen functional groups attached to an aromatic ring is 1. The summed E-state index contributed by atoms with van der Waals surface area (Å²) in [5.41, 5.74) is 12.1. The number of hydrogen-bond donors (Lipinski definition) is 3. The average Bonchev–Trinajstić information content (AvgIpc) is 3.26. The van der Waals surface area contributed by atoms with E-state index in [4.69, 9.17) is 20.2 Å². The van der Waals surface area contributed by atoms with E-state index in [9.17, 15) is 0 Å². The number of nitrogens with one attached hydrogen (secondary N) is 2. The van der Waals surface area contributed by atoms with Gasteiger partial charge in [0, 0.05) is 29.9 Å². The van der Waals surface area contributed by atoms with E-state index in [1.54, 1.807) is 14.2 Å². The van der Waals surface area contributed by atoms with Crippen molar-refractivity contribution < 1.29 is 9.47 Å². The number of imidazole rings is 1. The van der Waals surface area contributed by atoms with Crippen LogP contribution in [0.5, 0.6) is 11.5 Å². The zero-order valence-corrected chi connectivity index (χ0v) is 17.8. The number of ether oxygens (including phenoxy) is 2. The van der Waals surface area contributed by atoms with Gasteiger partial charge in [-0.25, -0.2) is 4.98 Å². The summed E-state index contributed by atoms with van der Waals surface area (Å²) in [5.74, 6) is 2.02. The molecule has 0 aliphatic carbocycles. The first kappa shape index (κ1) is 19.7. The number of nitrogens with zero attached hydrogens (tertiary/aromatic N) is 2. The van der Waals surface area contributed by atoms with E-state index in [0.717, 1.165) is 50.3 Å². The highest BCUT2D eigenvalue weighted by Gasteiger charge is 2.17. The van der Waals surface area contributed by atoms with Gasteiger partial charge in [-0.15, -0.1) is 0 Å². The molecular weight excluding hydrogens is 402 g/mol. The van der Waals surface area contributed by atoms with Crippen LogP contribution in [-0.2, 0) is 6.54 Å². The van der Waals surface area contributed by atoms with E-state index in [2.05, 4.69) is 15.3 Å². The fraction of sp³-hybridized carbons (Fsp3) is 0.120. The first-order chi connectivity index (χ1) is 15.7. The second-order valence-electron chi connectivity index (χ2n) is 7.47. The second kappa shape index (κ2) is 8.11. The highest BCUT2D eigenvalue weighted by atomic mass is 16.5. The number of methoxy groups -OCH3 is 2. The Bertz CT molecular complexity index is 1380. The summed E-state index contributed by atoms with van der Waals surface area (Å²) in [6.45, 7) is 0.612. The van der Waals surface area contributed by atoms with Gasteiger partial charge >= 0.3 is 0 Å². The second-order valence-corrected chi connectivity index (χ2v) is 7.47. The van der Waals surface area contributed by atoms with Crippen LogP contribution in [0.3, 0.4) is 0 Å². The van der Waals surface area contributed by atoms with Crippen LogP contribution in [-0.4, -0.2) is 29.2 Å². The third-order valence-electron chi connectivity index (χ3n) is 5.47. The van der Waals surface area contributed by atoms with Crippen molar-refractivity contribution in [3.63, 3.8) is 0 Å². The third-order valence-corrected chi connectivity index (χ3v) is 5.47. The predicted molar refractivity (Wildman–Crippen MR) is 128 cm³/mol. The summed E-state index contributed by atoms with van der Waals surface area (Å²) in [7, 11) is 3.24. The van der Waals surface area contributed by atoms with Gasteiger partial charge < -0.3 is 25.5 Å². The Balaban J connectivity index is 1.67. The monoisotopic (exact) mass is 425 g/mol. The Labute approximate surface area is 185 Å². The number of aromatic nitrogens is 3. The molecule has 0 atom stereocenters. The van der Waals surface area contributed by atoms with Gasteiger partial charge in [-0.2, -0.15) is 0 Å². The van der Waals surface area contributed by atoms with Gasteiger partial charge in [-0.1, -0.05) is 24.3 Å². The zero-order valence-electron chi connectivity index (χ0n) is 17.8.